The summed E-state index contributed by atoms with van der Waals surface area (Å²) in [6, 6.07) is 3.92. The quantitative estimate of drug-likeness (QED) is 0.898. The summed E-state index contributed by atoms with van der Waals surface area (Å²) in [4.78, 5) is 0.427. The zero-order valence-electron chi connectivity index (χ0n) is 9.70. The fourth-order valence-corrected chi connectivity index (χ4v) is 3.56. The van der Waals surface area contributed by atoms with Gasteiger partial charge in [0.2, 0.25) is 9.84 Å². The van der Waals surface area contributed by atoms with Crippen LogP contribution in [0.4, 0.5) is 4.39 Å². The van der Waals surface area contributed by atoms with E-state index >= 15 is 0 Å². The summed E-state index contributed by atoms with van der Waals surface area (Å²) < 4.78 is 37.3. The van der Waals surface area contributed by atoms with Crippen LogP contribution in [-0.2, 0) is 9.84 Å². The third-order valence-electron chi connectivity index (χ3n) is 2.93. The SMILES string of the molecule is CNC(C)CC1=Cc2ccc(F)cc2S1(=O)=O. The molecular formula is C12H14FNO2S. The average Bonchev–Trinajstić information content (AvgIpc) is 2.52. The van der Waals surface area contributed by atoms with E-state index in [1.807, 2.05) is 6.92 Å². The molecule has 0 radical (unpaired) electrons. The topological polar surface area (TPSA) is 46.2 Å². The molecule has 1 aromatic rings. The molecular weight excluding hydrogens is 241 g/mol. The molecule has 92 valence electrons. The van der Waals surface area contributed by atoms with Crippen molar-refractivity contribution in [2.24, 2.45) is 0 Å². The van der Waals surface area contributed by atoms with Gasteiger partial charge in [0.05, 0.1) is 9.80 Å². The van der Waals surface area contributed by atoms with Gasteiger partial charge in [0.1, 0.15) is 5.82 Å². The highest BCUT2D eigenvalue weighted by Crippen LogP contribution is 2.35. The van der Waals surface area contributed by atoms with Gasteiger partial charge in [-0.05, 0) is 44.2 Å². The first-order chi connectivity index (χ1) is 7.95. The van der Waals surface area contributed by atoms with Crippen LogP contribution in [0.25, 0.3) is 6.08 Å². The first kappa shape index (κ1) is 12.3. The molecule has 0 aromatic heterocycles. The largest absolute Gasteiger partial charge is 0.317 e. The summed E-state index contributed by atoms with van der Waals surface area (Å²) >= 11 is 0. The lowest BCUT2D eigenvalue weighted by molar-refractivity contribution is 0.584. The van der Waals surface area contributed by atoms with Crippen LogP contribution in [0.3, 0.4) is 0 Å². The molecule has 1 heterocycles. The Balaban J connectivity index is 2.43. The van der Waals surface area contributed by atoms with Crippen molar-refractivity contribution in [1.82, 2.24) is 5.32 Å². The van der Waals surface area contributed by atoms with Gasteiger partial charge in [0.25, 0.3) is 0 Å². The Morgan fingerprint density at radius 1 is 1.41 bits per heavy atom. The molecule has 1 atom stereocenters. The Labute approximate surface area is 100 Å². The average molecular weight is 255 g/mol. The van der Waals surface area contributed by atoms with Crippen molar-refractivity contribution < 1.29 is 12.8 Å². The molecule has 5 heteroatoms. The van der Waals surface area contributed by atoms with E-state index in [2.05, 4.69) is 5.32 Å². The zero-order valence-corrected chi connectivity index (χ0v) is 10.5. The van der Waals surface area contributed by atoms with Crippen LogP contribution in [0.2, 0.25) is 0 Å². The van der Waals surface area contributed by atoms with E-state index in [1.165, 1.54) is 12.1 Å². The van der Waals surface area contributed by atoms with E-state index in [4.69, 9.17) is 0 Å². The number of fused-ring (bicyclic) bond motifs is 1. The first-order valence-electron chi connectivity index (χ1n) is 5.37. The Morgan fingerprint density at radius 2 is 2.12 bits per heavy atom. The molecule has 1 unspecified atom stereocenters. The van der Waals surface area contributed by atoms with E-state index in [0.717, 1.165) is 6.07 Å². The number of nitrogens with one attached hydrogen (secondary N) is 1. The summed E-state index contributed by atoms with van der Waals surface area (Å²) in [5, 5.41) is 2.99. The van der Waals surface area contributed by atoms with E-state index in [0.29, 0.717) is 16.9 Å². The Hall–Kier alpha value is -1.20. The van der Waals surface area contributed by atoms with Crippen molar-refractivity contribution in [3.05, 3.63) is 34.5 Å². The van der Waals surface area contributed by atoms with Crippen LogP contribution in [0, 0.1) is 5.82 Å². The molecule has 17 heavy (non-hydrogen) atoms. The predicted molar refractivity (Wildman–Crippen MR) is 64.7 cm³/mol. The minimum atomic E-state index is -3.49. The second-order valence-electron chi connectivity index (χ2n) is 4.19. The zero-order chi connectivity index (χ0) is 12.6. The van der Waals surface area contributed by atoms with Gasteiger partial charge in [-0.15, -0.1) is 0 Å². The molecule has 0 fully saturated rings. The van der Waals surface area contributed by atoms with E-state index in [-0.39, 0.29) is 10.9 Å². The van der Waals surface area contributed by atoms with Gasteiger partial charge < -0.3 is 5.32 Å². The van der Waals surface area contributed by atoms with Crippen molar-refractivity contribution in [2.75, 3.05) is 7.05 Å². The van der Waals surface area contributed by atoms with Gasteiger partial charge in [-0.3, -0.25) is 0 Å². The molecule has 0 amide bonds. The lowest BCUT2D eigenvalue weighted by Gasteiger charge is -2.10. The second-order valence-corrected chi connectivity index (χ2v) is 6.16. The van der Waals surface area contributed by atoms with Crippen LogP contribution < -0.4 is 5.32 Å². The van der Waals surface area contributed by atoms with Gasteiger partial charge in [-0.25, -0.2) is 12.8 Å². The summed E-state index contributed by atoms with van der Waals surface area (Å²) in [6.45, 7) is 1.90. The molecule has 1 aromatic carbocycles. The summed E-state index contributed by atoms with van der Waals surface area (Å²) in [5.74, 6) is -0.524. The predicted octanol–water partition coefficient (Wildman–Crippen LogP) is 1.95. The normalized spacial score (nSPS) is 18.6. The smallest absolute Gasteiger partial charge is 0.203 e. The Morgan fingerprint density at radius 3 is 2.76 bits per heavy atom. The van der Waals surface area contributed by atoms with Crippen molar-refractivity contribution in [3.63, 3.8) is 0 Å². The number of hydrogen-bond donors (Lipinski definition) is 1. The van der Waals surface area contributed by atoms with E-state index < -0.39 is 15.7 Å². The minimum Gasteiger partial charge on any atom is -0.317 e. The maximum atomic E-state index is 13.1. The maximum Gasteiger partial charge on any atom is 0.203 e. The standard InChI is InChI=1S/C12H14FNO2S/c1-8(14-2)5-11-6-9-3-4-10(13)7-12(9)17(11,15)16/h3-4,6-8,14H,5H2,1-2H3. The summed E-state index contributed by atoms with van der Waals surface area (Å²) in [5.41, 5.74) is 0.574. The van der Waals surface area contributed by atoms with Crippen LogP contribution in [0.15, 0.2) is 28.0 Å². The fourth-order valence-electron chi connectivity index (χ4n) is 1.82. The third-order valence-corrected chi connectivity index (χ3v) is 4.83. The Kier molecular flexibility index (Phi) is 3.05. The van der Waals surface area contributed by atoms with E-state index in [1.54, 1.807) is 13.1 Å². The van der Waals surface area contributed by atoms with Crippen molar-refractivity contribution in [2.45, 2.75) is 24.3 Å². The minimum absolute atomic E-state index is 0.0650. The Bertz CT molecular complexity index is 578. The monoisotopic (exact) mass is 255 g/mol. The van der Waals surface area contributed by atoms with Crippen LogP contribution in [-0.4, -0.2) is 21.5 Å². The molecule has 0 aliphatic carbocycles. The highest BCUT2D eigenvalue weighted by Gasteiger charge is 2.30. The van der Waals surface area contributed by atoms with Crippen LogP contribution >= 0.6 is 0 Å². The number of sulfone groups is 1. The van der Waals surface area contributed by atoms with Gasteiger partial charge in [-0.1, -0.05) is 6.07 Å². The molecule has 1 aliphatic heterocycles. The molecule has 3 nitrogen and oxygen atoms in total. The summed E-state index contributed by atoms with van der Waals surface area (Å²) in [7, 11) is -1.72. The van der Waals surface area contributed by atoms with Gasteiger partial charge in [-0.2, -0.15) is 0 Å². The number of halogens is 1. The van der Waals surface area contributed by atoms with Gasteiger partial charge in [0.15, 0.2) is 0 Å². The molecule has 1 N–H and O–H groups in total. The molecule has 0 saturated carbocycles. The third kappa shape index (κ3) is 2.12. The number of hydrogen-bond acceptors (Lipinski definition) is 3. The molecule has 0 saturated heterocycles. The van der Waals surface area contributed by atoms with Crippen LogP contribution in [0.5, 0.6) is 0 Å². The summed E-state index contributed by atoms with van der Waals surface area (Å²) in [6.07, 6.45) is 2.03. The van der Waals surface area contributed by atoms with E-state index in [9.17, 15) is 12.8 Å². The maximum absolute atomic E-state index is 13.1. The highest BCUT2D eigenvalue weighted by atomic mass is 32.2. The molecule has 2 rings (SSSR count). The number of benzene rings is 1. The number of rotatable bonds is 3. The van der Waals surface area contributed by atoms with Gasteiger partial charge >= 0.3 is 0 Å². The van der Waals surface area contributed by atoms with Crippen LogP contribution in [0.1, 0.15) is 18.9 Å². The van der Waals surface area contributed by atoms with Crippen molar-refractivity contribution >= 4 is 15.9 Å². The lowest BCUT2D eigenvalue weighted by Crippen LogP contribution is -2.22. The fraction of sp³-hybridized carbons (Fsp3) is 0.333. The van der Waals surface area contributed by atoms with Gasteiger partial charge in [0, 0.05) is 6.04 Å². The van der Waals surface area contributed by atoms with Crippen molar-refractivity contribution in [1.29, 1.82) is 0 Å². The molecule has 0 bridgehead atoms. The molecule has 0 spiro atoms. The lowest BCUT2D eigenvalue weighted by atomic mass is 10.1. The van der Waals surface area contributed by atoms with Crippen molar-refractivity contribution in [3.8, 4) is 0 Å². The molecule has 1 aliphatic rings. The second kappa shape index (κ2) is 4.23. The highest BCUT2D eigenvalue weighted by molar-refractivity contribution is 7.95. The first-order valence-corrected chi connectivity index (χ1v) is 6.86.